The van der Waals surface area contributed by atoms with Gasteiger partial charge in [0.25, 0.3) is 5.91 Å². The Balaban J connectivity index is 1.12. The smallest absolute Gasteiger partial charge is 0.254 e. The van der Waals surface area contributed by atoms with Crippen molar-refractivity contribution in [1.29, 1.82) is 0 Å². The summed E-state index contributed by atoms with van der Waals surface area (Å²) in [5.74, 6) is 0.187. The lowest BCUT2D eigenvalue weighted by Gasteiger charge is -2.39. The van der Waals surface area contributed by atoms with Crippen molar-refractivity contribution in [2.45, 2.75) is 56.8 Å². The van der Waals surface area contributed by atoms with E-state index >= 15 is 0 Å². The molecule has 8 heteroatoms. The van der Waals surface area contributed by atoms with Gasteiger partial charge in [0.05, 0.1) is 25.4 Å². The summed E-state index contributed by atoms with van der Waals surface area (Å²) in [6.45, 7) is 4.72. The van der Waals surface area contributed by atoms with Crippen molar-refractivity contribution >= 4 is 23.2 Å². The Morgan fingerprint density at radius 3 is 2.38 bits per heavy atom. The molecule has 3 heterocycles. The average molecular weight is 609 g/mol. The maximum atomic E-state index is 14.0. The summed E-state index contributed by atoms with van der Waals surface area (Å²) in [6.07, 6.45) is 6.24. The molecule has 45 heavy (non-hydrogen) atoms. The molecule has 0 saturated carbocycles. The van der Waals surface area contributed by atoms with Crippen LogP contribution in [0.4, 0.5) is 11.4 Å². The molecule has 2 fully saturated rings. The number of anilines is 2. The third-order valence-electron chi connectivity index (χ3n) is 9.82. The van der Waals surface area contributed by atoms with Crippen LogP contribution in [0.5, 0.6) is 0 Å². The summed E-state index contributed by atoms with van der Waals surface area (Å²) in [5, 5.41) is 13.4. The number of methoxy groups -OCH3 is 1. The number of carbonyl (C=O) groups excluding carboxylic acids is 2. The molecule has 2 saturated heterocycles. The minimum Gasteiger partial charge on any atom is -0.394 e. The second-order valence-corrected chi connectivity index (χ2v) is 12.5. The van der Waals surface area contributed by atoms with Crippen molar-refractivity contribution in [2.75, 3.05) is 43.3 Å². The Morgan fingerprint density at radius 1 is 1.00 bits per heavy atom. The summed E-state index contributed by atoms with van der Waals surface area (Å²) < 4.78 is 5.92. The summed E-state index contributed by atoms with van der Waals surface area (Å²) in [7, 11) is 1.70. The fourth-order valence-corrected chi connectivity index (χ4v) is 7.31. The molecule has 0 aliphatic carbocycles. The van der Waals surface area contributed by atoms with Crippen molar-refractivity contribution < 1.29 is 19.4 Å². The number of hydrogen-bond donors (Lipinski definition) is 2. The highest BCUT2D eigenvalue weighted by atomic mass is 16.5. The number of benzene rings is 3. The lowest BCUT2D eigenvalue weighted by Crippen LogP contribution is -2.55. The minimum absolute atomic E-state index is 0.0108. The summed E-state index contributed by atoms with van der Waals surface area (Å²) >= 11 is 0. The van der Waals surface area contributed by atoms with E-state index in [0.717, 1.165) is 48.4 Å². The van der Waals surface area contributed by atoms with Crippen molar-refractivity contribution in [2.24, 2.45) is 5.92 Å². The van der Waals surface area contributed by atoms with E-state index in [0.29, 0.717) is 19.6 Å². The first-order valence-corrected chi connectivity index (χ1v) is 16.1. The zero-order chi connectivity index (χ0) is 31.4. The number of aliphatic hydroxyl groups is 1. The Hall–Kier alpha value is -3.98. The topological polar surface area (TPSA) is 85.4 Å². The Kier molecular flexibility index (Phi) is 9.35. The van der Waals surface area contributed by atoms with E-state index in [1.165, 1.54) is 5.56 Å². The normalized spacial score (nSPS) is 20.9. The number of hydrogen-bond acceptors (Lipinski definition) is 6. The van der Waals surface area contributed by atoms with E-state index in [1.54, 1.807) is 12.0 Å². The van der Waals surface area contributed by atoms with Gasteiger partial charge in [0.2, 0.25) is 5.91 Å². The standard InChI is InChI=1S/C37H44N4O4/c1-27(9-8-14-34(43)39-24-30-11-7-6-10-29(30)23-33(39)25-42)35(45-2)28-15-17-31(18-16-28)40-26-41(32-12-4-3-5-13-32)37(36(40)44)19-21-38-22-20-37/h3-13,15-18,27,33,35,38,42H,14,19-26H2,1-2H3/b9-8+/t27-,33+,35+/m1/s1. The third-order valence-corrected chi connectivity index (χ3v) is 9.82. The van der Waals surface area contributed by atoms with Crippen LogP contribution >= 0.6 is 0 Å². The molecular weight excluding hydrogens is 564 g/mol. The molecule has 0 radical (unpaired) electrons. The second kappa shape index (κ2) is 13.6. The molecule has 2 N–H and O–H groups in total. The number of fused-ring (bicyclic) bond motifs is 1. The van der Waals surface area contributed by atoms with Gasteiger partial charge in [-0.25, -0.2) is 0 Å². The number of amides is 2. The first-order chi connectivity index (χ1) is 21.9. The minimum atomic E-state index is -0.536. The molecular formula is C37H44N4O4. The fourth-order valence-electron chi connectivity index (χ4n) is 7.31. The summed E-state index contributed by atoms with van der Waals surface area (Å²) in [5.41, 5.74) is 4.78. The van der Waals surface area contributed by atoms with E-state index in [2.05, 4.69) is 41.4 Å². The van der Waals surface area contributed by atoms with Gasteiger partial charge >= 0.3 is 0 Å². The van der Waals surface area contributed by atoms with E-state index in [4.69, 9.17) is 4.74 Å². The number of nitrogens with zero attached hydrogens (tertiary/aromatic N) is 3. The van der Waals surface area contributed by atoms with Crippen molar-refractivity contribution in [3.05, 3.63) is 108 Å². The van der Waals surface area contributed by atoms with Crippen LogP contribution in [0.1, 0.15) is 49.0 Å². The SMILES string of the molecule is CO[C@H](c1ccc(N2CN(c3ccccc3)C3(CCNCC3)C2=O)cc1)[C@H](C)/C=C/CC(=O)N1Cc2ccccc2C[C@H]1CO. The highest BCUT2D eigenvalue weighted by Gasteiger charge is 2.53. The maximum absolute atomic E-state index is 14.0. The number of nitrogens with one attached hydrogen (secondary N) is 1. The van der Waals surface area contributed by atoms with Crippen LogP contribution in [0.2, 0.25) is 0 Å². The maximum Gasteiger partial charge on any atom is 0.254 e. The van der Waals surface area contributed by atoms with Gasteiger partial charge in [-0.1, -0.05) is 73.7 Å². The van der Waals surface area contributed by atoms with Crippen LogP contribution in [0.15, 0.2) is 91.0 Å². The molecule has 3 aromatic carbocycles. The van der Waals surface area contributed by atoms with Crippen LogP contribution < -0.4 is 15.1 Å². The molecule has 0 bridgehead atoms. The van der Waals surface area contributed by atoms with Crippen molar-refractivity contribution in [3.8, 4) is 0 Å². The Bertz CT molecular complexity index is 1500. The van der Waals surface area contributed by atoms with Gasteiger partial charge in [-0.2, -0.15) is 0 Å². The zero-order valence-corrected chi connectivity index (χ0v) is 26.3. The molecule has 6 rings (SSSR count). The van der Waals surface area contributed by atoms with E-state index in [9.17, 15) is 14.7 Å². The van der Waals surface area contributed by atoms with Crippen LogP contribution in [0.3, 0.4) is 0 Å². The van der Waals surface area contributed by atoms with Gasteiger partial charge in [-0.05, 0) is 73.3 Å². The largest absolute Gasteiger partial charge is 0.394 e. The average Bonchev–Trinajstić information content (AvgIpc) is 3.35. The predicted octanol–water partition coefficient (Wildman–Crippen LogP) is 4.84. The number of piperidine rings is 1. The molecule has 3 atom stereocenters. The first kappa shape index (κ1) is 31.0. The first-order valence-electron chi connectivity index (χ1n) is 16.1. The fraction of sp³-hybridized carbons (Fsp3) is 0.405. The molecule has 236 valence electrons. The van der Waals surface area contributed by atoms with Gasteiger partial charge in [0.1, 0.15) is 5.54 Å². The highest BCUT2D eigenvalue weighted by Crippen LogP contribution is 2.40. The molecule has 2 amide bonds. The highest BCUT2D eigenvalue weighted by molar-refractivity contribution is 6.06. The number of rotatable bonds is 9. The van der Waals surface area contributed by atoms with Crippen molar-refractivity contribution in [1.82, 2.24) is 10.2 Å². The quantitative estimate of drug-likeness (QED) is 0.339. The van der Waals surface area contributed by atoms with Gasteiger partial charge in [-0.3, -0.25) is 14.5 Å². The lowest BCUT2D eigenvalue weighted by atomic mass is 9.86. The summed E-state index contributed by atoms with van der Waals surface area (Å²) in [6, 6.07) is 26.3. The zero-order valence-electron chi connectivity index (χ0n) is 26.3. The van der Waals surface area contributed by atoms with E-state index < -0.39 is 5.54 Å². The van der Waals surface area contributed by atoms with Crippen molar-refractivity contribution in [3.63, 3.8) is 0 Å². The van der Waals surface area contributed by atoms with E-state index in [1.807, 2.05) is 71.6 Å². The third kappa shape index (κ3) is 6.15. The van der Waals surface area contributed by atoms with Gasteiger partial charge in [-0.15, -0.1) is 0 Å². The predicted molar refractivity (Wildman–Crippen MR) is 177 cm³/mol. The molecule has 3 aliphatic rings. The Labute approximate surface area is 266 Å². The van der Waals surface area contributed by atoms with Gasteiger partial charge < -0.3 is 25.0 Å². The molecule has 8 nitrogen and oxygen atoms in total. The monoisotopic (exact) mass is 608 g/mol. The second-order valence-electron chi connectivity index (χ2n) is 12.5. The summed E-state index contributed by atoms with van der Waals surface area (Å²) in [4.78, 5) is 33.2. The molecule has 0 unspecified atom stereocenters. The van der Waals surface area contributed by atoms with Crippen LogP contribution in [-0.4, -0.2) is 66.9 Å². The van der Waals surface area contributed by atoms with Crippen LogP contribution in [0, 0.1) is 5.92 Å². The molecule has 3 aromatic rings. The number of ether oxygens (including phenoxy) is 1. The molecule has 3 aliphatic heterocycles. The number of para-hydroxylation sites is 1. The lowest BCUT2D eigenvalue weighted by molar-refractivity contribution is -0.134. The Morgan fingerprint density at radius 2 is 1.69 bits per heavy atom. The molecule has 0 aromatic heterocycles. The van der Waals surface area contributed by atoms with Gasteiger partial charge in [0, 0.05) is 37.4 Å². The molecule has 1 spiro atoms. The van der Waals surface area contributed by atoms with E-state index in [-0.39, 0.29) is 42.9 Å². The number of carbonyl (C=O) groups is 2. The van der Waals surface area contributed by atoms with Crippen LogP contribution in [0.25, 0.3) is 0 Å². The van der Waals surface area contributed by atoms with Crippen LogP contribution in [-0.2, 0) is 27.3 Å². The number of aliphatic hydroxyl groups excluding tert-OH is 1. The van der Waals surface area contributed by atoms with Gasteiger partial charge in [0.15, 0.2) is 0 Å².